The molecule has 1 amide bonds. The lowest BCUT2D eigenvalue weighted by atomic mass is 10.1. The van der Waals surface area contributed by atoms with E-state index in [0.717, 1.165) is 18.5 Å². The van der Waals surface area contributed by atoms with Gasteiger partial charge in [-0.3, -0.25) is 9.78 Å². The van der Waals surface area contributed by atoms with E-state index >= 15 is 0 Å². The standard InChI is InChI=1S/C12H19N3O/c1-4-9(5-2)15-12(16)10-6-7-14-8-11(10)13-3/h6-9,13H,4-5H2,1-3H3,(H,15,16). The molecule has 0 bridgehead atoms. The smallest absolute Gasteiger partial charge is 0.253 e. The summed E-state index contributed by atoms with van der Waals surface area (Å²) in [5.41, 5.74) is 1.40. The predicted octanol–water partition coefficient (Wildman–Crippen LogP) is 2.04. The summed E-state index contributed by atoms with van der Waals surface area (Å²) in [7, 11) is 1.78. The van der Waals surface area contributed by atoms with Crippen molar-refractivity contribution in [3.05, 3.63) is 24.0 Å². The van der Waals surface area contributed by atoms with Crippen molar-refractivity contribution in [1.29, 1.82) is 0 Å². The Hall–Kier alpha value is -1.58. The highest BCUT2D eigenvalue weighted by Crippen LogP contribution is 2.12. The Labute approximate surface area is 96.5 Å². The molecule has 0 aliphatic carbocycles. The van der Waals surface area contributed by atoms with Gasteiger partial charge in [-0.2, -0.15) is 0 Å². The highest BCUT2D eigenvalue weighted by Gasteiger charge is 2.13. The van der Waals surface area contributed by atoms with Gasteiger partial charge in [-0.1, -0.05) is 13.8 Å². The van der Waals surface area contributed by atoms with Gasteiger partial charge in [0.25, 0.3) is 5.91 Å². The van der Waals surface area contributed by atoms with Gasteiger partial charge in [0.1, 0.15) is 0 Å². The van der Waals surface area contributed by atoms with Gasteiger partial charge >= 0.3 is 0 Å². The minimum absolute atomic E-state index is 0.0412. The number of aromatic nitrogens is 1. The van der Waals surface area contributed by atoms with E-state index in [1.807, 2.05) is 0 Å². The molecule has 4 heteroatoms. The minimum atomic E-state index is -0.0412. The molecule has 0 radical (unpaired) electrons. The second-order valence-electron chi connectivity index (χ2n) is 3.66. The zero-order valence-corrected chi connectivity index (χ0v) is 10.1. The van der Waals surface area contributed by atoms with Crippen molar-refractivity contribution in [3.8, 4) is 0 Å². The molecule has 0 aromatic carbocycles. The molecule has 1 rings (SSSR count). The third-order valence-corrected chi connectivity index (χ3v) is 2.66. The van der Waals surface area contributed by atoms with Crippen LogP contribution in [0.5, 0.6) is 0 Å². The van der Waals surface area contributed by atoms with Gasteiger partial charge in [0.15, 0.2) is 0 Å². The SMILES string of the molecule is CCC(CC)NC(=O)c1ccncc1NC. The summed E-state index contributed by atoms with van der Waals surface area (Å²) in [4.78, 5) is 15.9. The third kappa shape index (κ3) is 2.95. The first-order chi connectivity index (χ1) is 7.72. The van der Waals surface area contributed by atoms with E-state index in [4.69, 9.17) is 0 Å². The number of carbonyl (C=O) groups excluding carboxylic acids is 1. The monoisotopic (exact) mass is 221 g/mol. The van der Waals surface area contributed by atoms with Crippen LogP contribution >= 0.6 is 0 Å². The van der Waals surface area contributed by atoms with Gasteiger partial charge in [0, 0.05) is 19.3 Å². The van der Waals surface area contributed by atoms with E-state index in [1.165, 1.54) is 0 Å². The molecular formula is C12H19N3O. The summed E-state index contributed by atoms with van der Waals surface area (Å²) >= 11 is 0. The highest BCUT2D eigenvalue weighted by molar-refractivity contribution is 5.99. The Kier molecular flexibility index (Phi) is 4.76. The summed E-state index contributed by atoms with van der Waals surface area (Å²) in [5, 5.41) is 5.96. The van der Waals surface area contributed by atoms with Crippen molar-refractivity contribution in [2.24, 2.45) is 0 Å². The van der Waals surface area contributed by atoms with E-state index < -0.39 is 0 Å². The van der Waals surface area contributed by atoms with E-state index in [-0.39, 0.29) is 11.9 Å². The molecule has 0 atom stereocenters. The fraction of sp³-hybridized carbons (Fsp3) is 0.500. The Morgan fingerprint density at radius 3 is 2.69 bits per heavy atom. The minimum Gasteiger partial charge on any atom is -0.386 e. The van der Waals surface area contributed by atoms with Crippen LogP contribution in [0.1, 0.15) is 37.0 Å². The normalized spacial score (nSPS) is 10.2. The van der Waals surface area contributed by atoms with Gasteiger partial charge in [-0.05, 0) is 18.9 Å². The maximum absolute atomic E-state index is 12.0. The number of nitrogens with zero attached hydrogens (tertiary/aromatic N) is 1. The van der Waals surface area contributed by atoms with E-state index in [9.17, 15) is 4.79 Å². The van der Waals surface area contributed by atoms with Crippen LogP contribution in [-0.2, 0) is 0 Å². The second-order valence-corrected chi connectivity index (χ2v) is 3.66. The van der Waals surface area contributed by atoms with Crippen molar-refractivity contribution >= 4 is 11.6 Å². The van der Waals surface area contributed by atoms with Crippen LogP contribution in [0, 0.1) is 0 Å². The summed E-state index contributed by atoms with van der Waals surface area (Å²) in [5.74, 6) is -0.0412. The van der Waals surface area contributed by atoms with E-state index in [2.05, 4.69) is 29.5 Å². The molecule has 16 heavy (non-hydrogen) atoms. The van der Waals surface area contributed by atoms with Crippen molar-refractivity contribution in [2.75, 3.05) is 12.4 Å². The zero-order valence-electron chi connectivity index (χ0n) is 10.1. The fourth-order valence-electron chi connectivity index (χ4n) is 1.55. The van der Waals surface area contributed by atoms with Gasteiger partial charge in [0.05, 0.1) is 17.4 Å². The molecule has 1 heterocycles. The lowest BCUT2D eigenvalue weighted by molar-refractivity contribution is 0.0935. The van der Waals surface area contributed by atoms with Gasteiger partial charge < -0.3 is 10.6 Å². The van der Waals surface area contributed by atoms with Crippen LogP contribution in [0.15, 0.2) is 18.5 Å². The zero-order chi connectivity index (χ0) is 12.0. The van der Waals surface area contributed by atoms with Crippen LogP contribution in [0.3, 0.4) is 0 Å². The van der Waals surface area contributed by atoms with Crippen molar-refractivity contribution in [1.82, 2.24) is 10.3 Å². The van der Waals surface area contributed by atoms with Gasteiger partial charge in [0.2, 0.25) is 0 Å². The summed E-state index contributed by atoms with van der Waals surface area (Å²) < 4.78 is 0. The lowest BCUT2D eigenvalue weighted by Gasteiger charge is -2.16. The van der Waals surface area contributed by atoms with Crippen molar-refractivity contribution < 1.29 is 4.79 Å². The molecule has 2 N–H and O–H groups in total. The quantitative estimate of drug-likeness (QED) is 0.800. The van der Waals surface area contributed by atoms with Crippen LogP contribution in [0.4, 0.5) is 5.69 Å². The maximum Gasteiger partial charge on any atom is 0.253 e. The topological polar surface area (TPSA) is 54.0 Å². The number of anilines is 1. The Bertz CT molecular complexity index is 348. The molecule has 1 aromatic rings. The summed E-state index contributed by atoms with van der Waals surface area (Å²) in [6.45, 7) is 4.14. The second kappa shape index (κ2) is 6.10. The van der Waals surface area contributed by atoms with Gasteiger partial charge in [-0.15, -0.1) is 0 Å². The number of amides is 1. The highest BCUT2D eigenvalue weighted by atomic mass is 16.1. The summed E-state index contributed by atoms with van der Waals surface area (Å²) in [6, 6.07) is 1.97. The van der Waals surface area contributed by atoms with Crippen LogP contribution in [0.25, 0.3) is 0 Å². The lowest BCUT2D eigenvalue weighted by Crippen LogP contribution is -2.34. The molecule has 0 unspecified atom stereocenters. The molecule has 0 fully saturated rings. The number of nitrogens with one attached hydrogen (secondary N) is 2. The fourth-order valence-corrected chi connectivity index (χ4v) is 1.55. The number of carbonyl (C=O) groups is 1. The predicted molar refractivity (Wildman–Crippen MR) is 65.6 cm³/mol. The largest absolute Gasteiger partial charge is 0.386 e. The van der Waals surface area contributed by atoms with E-state index in [1.54, 1.807) is 25.5 Å². The molecule has 1 aromatic heterocycles. The molecule has 88 valence electrons. The third-order valence-electron chi connectivity index (χ3n) is 2.66. The first kappa shape index (κ1) is 12.5. The van der Waals surface area contributed by atoms with E-state index in [0.29, 0.717) is 5.56 Å². The van der Waals surface area contributed by atoms with Crippen LogP contribution in [0.2, 0.25) is 0 Å². The first-order valence-corrected chi connectivity index (χ1v) is 5.65. The molecule has 0 saturated carbocycles. The van der Waals surface area contributed by atoms with Crippen molar-refractivity contribution in [3.63, 3.8) is 0 Å². The van der Waals surface area contributed by atoms with Gasteiger partial charge in [-0.25, -0.2) is 0 Å². The number of hydrogen-bond donors (Lipinski definition) is 2. The average molecular weight is 221 g/mol. The van der Waals surface area contributed by atoms with Crippen LogP contribution in [-0.4, -0.2) is 24.0 Å². The Morgan fingerprint density at radius 1 is 1.44 bits per heavy atom. The first-order valence-electron chi connectivity index (χ1n) is 5.65. The maximum atomic E-state index is 12.0. The number of hydrogen-bond acceptors (Lipinski definition) is 3. The molecular weight excluding hydrogens is 202 g/mol. The molecule has 0 aliphatic rings. The average Bonchev–Trinajstić information content (AvgIpc) is 2.35. The van der Waals surface area contributed by atoms with Crippen LogP contribution < -0.4 is 10.6 Å². The Balaban J connectivity index is 2.79. The Morgan fingerprint density at radius 2 is 2.12 bits per heavy atom. The molecule has 0 saturated heterocycles. The molecule has 4 nitrogen and oxygen atoms in total. The molecule has 0 aliphatic heterocycles. The number of pyridine rings is 1. The number of rotatable bonds is 5. The molecule has 0 spiro atoms. The summed E-state index contributed by atoms with van der Waals surface area (Å²) in [6.07, 6.45) is 5.18. The van der Waals surface area contributed by atoms with Crippen molar-refractivity contribution in [2.45, 2.75) is 32.7 Å².